The van der Waals surface area contributed by atoms with Gasteiger partial charge in [-0.25, -0.2) is 4.98 Å². The van der Waals surface area contributed by atoms with Gasteiger partial charge in [0.25, 0.3) is 0 Å². The Balaban J connectivity index is 1.76. The predicted octanol–water partition coefficient (Wildman–Crippen LogP) is 3.60. The average Bonchev–Trinajstić information content (AvgIpc) is 2.34. The molecule has 100 valence electrons. The number of nitrogens with one attached hydrogen (secondary N) is 1. The van der Waals surface area contributed by atoms with Crippen molar-refractivity contribution < 1.29 is 0 Å². The van der Waals surface area contributed by atoms with Crippen molar-refractivity contribution in [2.45, 2.75) is 46.0 Å². The van der Waals surface area contributed by atoms with Gasteiger partial charge >= 0.3 is 0 Å². The van der Waals surface area contributed by atoms with E-state index in [2.05, 4.69) is 17.2 Å². The molecule has 3 nitrogen and oxygen atoms in total. The van der Waals surface area contributed by atoms with Crippen molar-refractivity contribution in [2.75, 3.05) is 17.6 Å². The number of aryl methyl sites for hydroxylation is 1. The van der Waals surface area contributed by atoms with Gasteiger partial charge in [0.05, 0.1) is 11.4 Å². The van der Waals surface area contributed by atoms with Gasteiger partial charge in [-0.1, -0.05) is 26.2 Å². The van der Waals surface area contributed by atoms with Crippen LogP contribution in [0.2, 0.25) is 0 Å². The van der Waals surface area contributed by atoms with Gasteiger partial charge in [0.2, 0.25) is 0 Å². The van der Waals surface area contributed by atoms with Crippen LogP contribution in [0.5, 0.6) is 0 Å². The molecular weight excluding hydrogens is 222 g/mol. The summed E-state index contributed by atoms with van der Waals surface area (Å²) in [6.07, 6.45) is 6.89. The van der Waals surface area contributed by atoms with Crippen molar-refractivity contribution in [1.82, 2.24) is 4.98 Å². The van der Waals surface area contributed by atoms with E-state index in [4.69, 9.17) is 5.73 Å². The van der Waals surface area contributed by atoms with Crippen LogP contribution in [-0.2, 0) is 0 Å². The maximum Gasteiger partial charge on any atom is 0.126 e. The summed E-state index contributed by atoms with van der Waals surface area (Å²) < 4.78 is 0. The summed E-state index contributed by atoms with van der Waals surface area (Å²) >= 11 is 0. The summed E-state index contributed by atoms with van der Waals surface area (Å²) in [5.74, 6) is 2.77. The molecule has 0 aromatic carbocycles. The summed E-state index contributed by atoms with van der Waals surface area (Å²) in [5, 5.41) is 3.41. The van der Waals surface area contributed by atoms with Crippen molar-refractivity contribution >= 4 is 11.5 Å². The summed E-state index contributed by atoms with van der Waals surface area (Å²) in [6.45, 7) is 5.35. The third-order valence-corrected chi connectivity index (χ3v) is 4.03. The van der Waals surface area contributed by atoms with Crippen molar-refractivity contribution in [1.29, 1.82) is 0 Å². The van der Waals surface area contributed by atoms with Crippen LogP contribution < -0.4 is 11.1 Å². The molecule has 0 bridgehead atoms. The molecule has 3 heteroatoms. The standard InChI is InChI=1S/C15H25N3/c1-11-4-3-5-13(10-11)8-9-17-15-7-6-14(16)12(2)18-15/h6-7,11,13H,3-5,8-10,16H2,1-2H3,(H,17,18). The lowest BCUT2D eigenvalue weighted by molar-refractivity contribution is 0.274. The number of hydrogen-bond donors (Lipinski definition) is 2. The van der Waals surface area contributed by atoms with E-state index >= 15 is 0 Å². The van der Waals surface area contributed by atoms with Crippen LogP contribution in [0, 0.1) is 18.8 Å². The fourth-order valence-electron chi connectivity index (χ4n) is 2.90. The minimum absolute atomic E-state index is 0.765. The monoisotopic (exact) mass is 247 g/mol. The lowest BCUT2D eigenvalue weighted by Gasteiger charge is -2.26. The maximum atomic E-state index is 5.76. The van der Waals surface area contributed by atoms with E-state index in [9.17, 15) is 0 Å². The zero-order valence-corrected chi connectivity index (χ0v) is 11.6. The Labute approximate surface area is 110 Å². The highest BCUT2D eigenvalue weighted by Gasteiger charge is 2.18. The summed E-state index contributed by atoms with van der Waals surface area (Å²) in [5.41, 5.74) is 7.43. The summed E-state index contributed by atoms with van der Waals surface area (Å²) in [7, 11) is 0. The molecule has 1 saturated carbocycles. The minimum atomic E-state index is 0.765. The first-order valence-corrected chi connectivity index (χ1v) is 7.12. The number of anilines is 2. The number of hydrogen-bond acceptors (Lipinski definition) is 3. The number of nitrogen functional groups attached to an aromatic ring is 1. The fourth-order valence-corrected chi connectivity index (χ4v) is 2.90. The molecule has 2 rings (SSSR count). The highest BCUT2D eigenvalue weighted by atomic mass is 15.0. The molecule has 0 aliphatic heterocycles. The van der Waals surface area contributed by atoms with Crippen molar-refractivity contribution in [3.05, 3.63) is 17.8 Å². The van der Waals surface area contributed by atoms with E-state index in [1.165, 1.54) is 32.1 Å². The van der Waals surface area contributed by atoms with E-state index in [-0.39, 0.29) is 0 Å². The van der Waals surface area contributed by atoms with Crippen molar-refractivity contribution in [2.24, 2.45) is 11.8 Å². The van der Waals surface area contributed by atoms with Crippen molar-refractivity contribution in [3.8, 4) is 0 Å². The highest BCUT2D eigenvalue weighted by molar-refractivity contribution is 5.48. The number of pyridine rings is 1. The van der Waals surface area contributed by atoms with Crippen LogP contribution in [-0.4, -0.2) is 11.5 Å². The Bertz CT molecular complexity index is 389. The Morgan fingerprint density at radius 1 is 1.39 bits per heavy atom. The first-order chi connectivity index (χ1) is 8.65. The van der Waals surface area contributed by atoms with Gasteiger partial charge in [-0.15, -0.1) is 0 Å². The molecule has 1 fully saturated rings. The molecule has 1 heterocycles. The first kappa shape index (κ1) is 13.2. The lowest BCUT2D eigenvalue weighted by Crippen LogP contribution is -2.17. The second-order valence-electron chi connectivity index (χ2n) is 5.72. The van der Waals surface area contributed by atoms with Gasteiger partial charge in [-0.05, 0) is 43.7 Å². The van der Waals surface area contributed by atoms with E-state index < -0.39 is 0 Å². The van der Waals surface area contributed by atoms with Gasteiger partial charge < -0.3 is 11.1 Å². The second kappa shape index (κ2) is 6.07. The zero-order valence-electron chi connectivity index (χ0n) is 11.6. The van der Waals surface area contributed by atoms with E-state index in [1.807, 2.05) is 19.1 Å². The topological polar surface area (TPSA) is 50.9 Å². The normalized spacial score (nSPS) is 23.9. The average molecular weight is 247 g/mol. The maximum absolute atomic E-state index is 5.76. The number of nitrogens with two attached hydrogens (primary N) is 1. The first-order valence-electron chi connectivity index (χ1n) is 7.12. The van der Waals surface area contributed by atoms with E-state index in [1.54, 1.807) is 0 Å². The van der Waals surface area contributed by atoms with Crippen molar-refractivity contribution in [3.63, 3.8) is 0 Å². The van der Waals surface area contributed by atoms with Crippen LogP contribution in [0.3, 0.4) is 0 Å². The quantitative estimate of drug-likeness (QED) is 0.854. The molecule has 0 saturated heterocycles. The number of aromatic nitrogens is 1. The molecule has 2 atom stereocenters. The van der Waals surface area contributed by atoms with Crippen LogP contribution in [0.15, 0.2) is 12.1 Å². The third-order valence-electron chi connectivity index (χ3n) is 4.03. The zero-order chi connectivity index (χ0) is 13.0. The largest absolute Gasteiger partial charge is 0.397 e. The lowest BCUT2D eigenvalue weighted by atomic mass is 9.81. The number of rotatable bonds is 4. The molecule has 0 amide bonds. The molecular formula is C15H25N3. The van der Waals surface area contributed by atoms with Crippen LogP contribution in [0.4, 0.5) is 11.5 Å². The van der Waals surface area contributed by atoms with Gasteiger partial charge in [0.15, 0.2) is 0 Å². The minimum Gasteiger partial charge on any atom is -0.397 e. The van der Waals surface area contributed by atoms with Gasteiger partial charge in [0.1, 0.15) is 5.82 Å². The summed E-state index contributed by atoms with van der Waals surface area (Å²) in [6, 6.07) is 3.89. The Morgan fingerprint density at radius 2 is 2.22 bits per heavy atom. The molecule has 1 aromatic rings. The third kappa shape index (κ3) is 3.62. The molecule has 18 heavy (non-hydrogen) atoms. The molecule has 2 unspecified atom stereocenters. The second-order valence-corrected chi connectivity index (χ2v) is 5.72. The van der Waals surface area contributed by atoms with Gasteiger partial charge in [-0.2, -0.15) is 0 Å². The highest BCUT2D eigenvalue weighted by Crippen LogP contribution is 2.30. The smallest absolute Gasteiger partial charge is 0.126 e. The van der Waals surface area contributed by atoms with Gasteiger partial charge in [-0.3, -0.25) is 0 Å². The van der Waals surface area contributed by atoms with Gasteiger partial charge in [0, 0.05) is 6.54 Å². The number of nitrogens with zero attached hydrogens (tertiary/aromatic N) is 1. The van der Waals surface area contributed by atoms with Crippen LogP contribution >= 0.6 is 0 Å². The van der Waals surface area contributed by atoms with Crippen LogP contribution in [0.1, 0.15) is 44.7 Å². The Kier molecular flexibility index (Phi) is 4.45. The molecule has 1 aromatic heterocycles. The Hall–Kier alpha value is -1.25. The van der Waals surface area contributed by atoms with Crippen LogP contribution in [0.25, 0.3) is 0 Å². The predicted molar refractivity (Wildman–Crippen MR) is 77.6 cm³/mol. The molecule has 1 aliphatic rings. The molecule has 0 spiro atoms. The SMILES string of the molecule is Cc1nc(NCCC2CCCC(C)C2)ccc1N. The van der Waals surface area contributed by atoms with E-state index in [0.29, 0.717) is 0 Å². The molecule has 3 N–H and O–H groups in total. The van der Waals surface area contributed by atoms with E-state index in [0.717, 1.165) is 35.6 Å². The summed E-state index contributed by atoms with van der Waals surface area (Å²) in [4.78, 5) is 4.43. The fraction of sp³-hybridized carbons (Fsp3) is 0.667. The molecule has 1 aliphatic carbocycles. The molecule has 0 radical (unpaired) electrons. The Morgan fingerprint density at radius 3 is 2.94 bits per heavy atom.